The Labute approximate surface area is 158 Å². The maximum absolute atomic E-state index is 12.3. The summed E-state index contributed by atoms with van der Waals surface area (Å²) in [6.07, 6.45) is 0. The van der Waals surface area contributed by atoms with Crippen molar-refractivity contribution in [3.05, 3.63) is 77.0 Å². The zero-order valence-corrected chi connectivity index (χ0v) is 15.6. The third-order valence-corrected chi connectivity index (χ3v) is 4.26. The molecule has 0 saturated heterocycles. The smallest absolute Gasteiger partial charge is 0.272 e. The molecule has 1 amide bonds. The van der Waals surface area contributed by atoms with E-state index in [0.29, 0.717) is 12.4 Å². The number of nitrogens with zero attached hydrogens (tertiary/aromatic N) is 2. The Morgan fingerprint density at radius 3 is 2.37 bits per heavy atom. The SMILES string of the molecule is COc1ccccc1CNC(=O)c1ccc(Nc2c(C)cccc2C)nn1. The van der Waals surface area contributed by atoms with Gasteiger partial charge in [0.2, 0.25) is 0 Å². The van der Waals surface area contributed by atoms with Crippen LogP contribution in [0.4, 0.5) is 11.5 Å². The van der Waals surface area contributed by atoms with Crippen LogP contribution in [0, 0.1) is 13.8 Å². The van der Waals surface area contributed by atoms with Crippen LogP contribution in [0.25, 0.3) is 0 Å². The van der Waals surface area contributed by atoms with Gasteiger partial charge in [0.05, 0.1) is 7.11 Å². The van der Waals surface area contributed by atoms with Crippen LogP contribution in [0.3, 0.4) is 0 Å². The van der Waals surface area contributed by atoms with Gasteiger partial charge in [0.25, 0.3) is 5.91 Å². The number of benzene rings is 2. The van der Waals surface area contributed by atoms with Gasteiger partial charge >= 0.3 is 0 Å². The maximum Gasteiger partial charge on any atom is 0.272 e. The van der Waals surface area contributed by atoms with E-state index in [2.05, 4.69) is 20.8 Å². The lowest BCUT2D eigenvalue weighted by Gasteiger charge is -2.12. The van der Waals surface area contributed by atoms with E-state index in [1.807, 2.05) is 56.3 Å². The van der Waals surface area contributed by atoms with Crippen molar-refractivity contribution in [2.75, 3.05) is 12.4 Å². The average Bonchev–Trinajstić information content (AvgIpc) is 2.69. The van der Waals surface area contributed by atoms with E-state index < -0.39 is 0 Å². The van der Waals surface area contributed by atoms with Crippen LogP contribution in [0.1, 0.15) is 27.2 Å². The van der Waals surface area contributed by atoms with Crippen molar-refractivity contribution in [3.8, 4) is 5.75 Å². The number of anilines is 2. The van der Waals surface area contributed by atoms with Gasteiger partial charge in [-0.05, 0) is 43.2 Å². The van der Waals surface area contributed by atoms with Crippen LogP contribution in [0.2, 0.25) is 0 Å². The average molecular weight is 362 g/mol. The number of methoxy groups -OCH3 is 1. The molecular formula is C21H22N4O2. The summed E-state index contributed by atoms with van der Waals surface area (Å²) in [6.45, 7) is 4.41. The van der Waals surface area contributed by atoms with Crippen LogP contribution in [-0.4, -0.2) is 23.2 Å². The Hall–Kier alpha value is -3.41. The number of carbonyl (C=O) groups is 1. The molecule has 0 radical (unpaired) electrons. The van der Waals surface area contributed by atoms with Gasteiger partial charge in [-0.15, -0.1) is 10.2 Å². The molecular weight excluding hydrogens is 340 g/mol. The molecule has 0 unspecified atom stereocenters. The highest BCUT2D eigenvalue weighted by atomic mass is 16.5. The predicted molar refractivity (Wildman–Crippen MR) is 105 cm³/mol. The Bertz CT molecular complexity index is 919. The third-order valence-electron chi connectivity index (χ3n) is 4.26. The van der Waals surface area contributed by atoms with Crippen LogP contribution in [0.15, 0.2) is 54.6 Å². The second-order valence-corrected chi connectivity index (χ2v) is 6.19. The molecule has 2 N–H and O–H groups in total. The minimum atomic E-state index is -0.285. The van der Waals surface area contributed by atoms with E-state index in [1.54, 1.807) is 19.2 Å². The summed E-state index contributed by atoms with van der Waals surface area (Å²) in [5.74, 6) is 1.04. The van der Waals surface area contributed by atoms with Crippen molar-refractivity contribution in [1.82, 2.24) is 15.5 Å². The van der Waals surface area contributed by atoms with E-state index in [1.165, 1.54) is 0 Å². The number of carbonyl (C=O) groups excluding carboxylic acids is 1. The summed E-state index contributed by atoms with van der Waals surface area (Å²) < 4.78 is 5.29. The molecule has 3 aromatic rings. The van der Waals surface area contributed by atoms with E-state index in [0.717, 1.165) is 28.1 Å². The normalized spacial score (nSPS) is 10.3. The number of hydrogen-bond donors (Lipinski definition) is 2. The summed E-state index contributed by atoms with van der Waals surface area (Å²) in [5, 5.41) is 14.2. The second-order valence-electron chi connectivity index (χ2n) is 6.19. The number of ether oxygens (including phenoxy) is 1. The fourth-order valence-electron chi connectivity index (χ4n) is 2.77. The standard InChI is InChI=1S/C21H22N4O2/c1-14-7-6-8-15(2)20(14)23-19-12-11-17(24-25-19)21(26)22-13-16-9-4-5-10-18(16)27-3/h4-12H,13H2,1-3H3,(H,22,26)(H,23,25). The number of aryl methyl sites for hydroxylation is 2. The molecule has 0 saturated carbocycles. The van der Waals surface area contributed by atoms with Gasteiger partial charge in [-0.25, -0.2) is 0 Å². The number of hydrogen-bond acceptors (Lipinski definition) is 5. The number of amides is 1. The summed E-state index contributed by atoms with van der Waals surface area (Å²) in [7, 11) is 1.61. The van der Waals surface area contributed by atoms with Gasteiger partial charge in [-0.1, -0.05) is 36.4 Å². The highest BCUT2D eigenvalue weighted by molar-refractivity contribution is 5.92. The second kappa shape index (κ2) is 8.31. The zero-order valence-electron chi connectivity index (χ0n) is 15.6. The first-order chi connectivity index (χ1) is 13.1. The molecule has 1 aromatic heterocycles. The van der Waals surface area contributed by atoms with Gasteiger partial charge in [0.15, 0.2) is 11.5 Å². The van der Waals surface area contributed by atoms with Crippen LogP contribution in [-0.2, 0) is 6.54 Å². The summed E-state index contributed by atoms with van der Waals surface area (Å²) in [5.41, 5.74) is 4.40. The lowest BCUT2D eigenvalue weighted by Crippen LogP contribution is -2.24. The fraction of sp³-hybridized carbons (Fsp3) is 0.190. The highest BCUT2D eigenvalue weighted by Gasteiger charge is 2.10. The maximum atomic E-state index is 12.3. The molecule has 138 valence electrons. The van der Waals surface area contributed by atoms with Crippen molar-refractivity contribution in [1.29, 1.82) is 0 Å². The molecule has 6 heteroatoms. The number of para-hydroxylation sites is 2. The third kappa shape index (κ3) is 4.41. The quantitative estimate of drug-likeness (QED) is 0.698. The Morgan fingerprint density at radius 1 is 0.963 bits per heavy atom. The first kappa shape index (κ1) is 18.4. The van der Waals surface area contributed by atoms with Gasteiger partial charge in [0, 0.05) is 17.8 Å². The molecule has 0 aliphatic heterocycles. The summed E-state index contributed by atoms with van der Waals surface area (Å²) in [6, 6.07) is 17.0. The van der Waals surface area contributed by atoms with Gasteiger partial charge < -0.3 is 15.4 Å². The fourth-order valence-corrected chi connectivity index (χ4v) is 2.77. The number of rotatable bonds is 6. The predicted octanol–water partition coefficient (Wildman–Crippen LogP) is 3.78. The van der Waals surface area contributed by atoms with Crippen LogP contribution < -0.4 is 15.4 Å². The minimum Gasteiger partial charge on any atom is -0.496 e. The number of nitrogens with one attached hydrogen (secondary N) is 2. The van der Waals surface area contributed by atoms with Crippen LogP contribution >= 0.6 is 0 Å². The summed E-state index contributed by atoms with van der Waals surface area (Å²) in [4.78, 5) is 12.3. The topological polar surface area (TPSA) is 76.1 Å². The first-order valence-electron chi connectivity index (χ1n) is 8.65. The highest BCUT2D eigenvalue weighted by Crippen LogP contribution is 2.23. The molecule has 27 heavy (non-hydrogen) atoms. The van der Waals surface area contributed by atoms with E-state index >= 15 is 0 Å². The molecule has 0 bridgehead atoms. The minimum absolute atomic E-state index is 0.261. The van der Waals surface area contributed by atoms with Gasteiger partial charge in [0.1, 0.15) is 5.75 Å². The van der Waals surface area contributed by atoms with Gasteiger partial charge in [-0.2, -0.15) is 0 Å². The molecule has 0 fully saturated rings. The van der Waals surface area contributed by atoms with Crippen molar-refractivity contribution in [2.24, 2.45) is 0 Å². The monoisotopic (exact) mass is 362 g/mol. The molecule has 0 aliphatic rings. The number of aromatic nitrogens is 2. The molecule has 2 aromatic carbocycles. The lowest BCUT2D eigenvalue weighted by atomic mass is 10.1. The van der Waals surface area contributed by atoms with Crippen molar-refractivity contribution in [2.45, 2.75) is 20.4 Å². The largest absolute Gasteiger partial charge is 0.496 e. The van der Waals surface area contributed by atoms with Crippen molar-refractivity contribution >= 4 is 17.4 Å². The Kier molecular flexibility index (Phi) is 5.66. The lowest BCUT2D eigenvalue weighted by molar-refractivity contribution is 0.0944. The molecule has 6 nitrogen and oxygen atoms in total. The van der Waals surface area contributed by atoms with Crippen molar-refractivity contribution < 1.29 is 9.53 Å². The molecule has 0 spiro atoms. The van der Waals surface area contributed by atoms with E-state index in [-0.39, 0.29) is 11.6 Å². The van der Waals surface area contributed by atoms with E-state index in [4.69, 9.17) is 4.74 Å². The Morgan fingerprint density at radius 2 is 1.70 bits per heavy atom. The van der Waals surface area contributed by atoms with Gasteiger partial charge in [-0.3, -0.25) is 4.79 Å². The first-order valence-corrected chi connectivity index (χ1v) is 8.65. The Balaban J connectivity index is 1.65. The molecule has 1 heterocycles. The molecule has 0 aliphatic carbocycles. The molecule has 0 atom stereocenters. The van der Waals surface area contributed by atoms with E-state index in [9.17, 15) is 4.79 Å². The summed E-state index contributed by atoms with van der Waals surface area (Å²) >= 11 is 0. The zero-order chi connectivity index (χ0) is 19.2. The van der Waals surface area contributed by atoms with Crippen LogP contribution in [0.5, 0.6) is 5.75 Å². The van der Waals surface area contributed by atoms with Crippen molar-refractivity contribution in [3.63, 3.8) is 0 Å². The molecule has 3 rings (SSSR count).